The molecule has 0 aliphatic rings. The van der Waals surface area contributed by atoms with Crippen molar-refractivity contribution in [2.45, 2.75) is 6.92 Å². The first-order valence-corrected chi connectivity index (χ1v) is 8.35. The Labute approximate surface area is 159 Å². The van der Waals surface area contributed by atoms with Gasteiger partial charge in [-0.1, -0.05) is 5.10 Å². The molecule has 9 nitrogen and oxygen atoms in total. The van der Waals surface area contributed by atoms with E-state index >= 15 is 0 Å². The molecule has 1 amide bonds. The van der Waals surface area contributed by atoms with Crippen LogP contribution in [0.5, 0.6) is 5.75 Å². The summed E-state index contributed by atoms with van der Waals surface area (Å²) in [6.45, 7) is 2.47. The summed E-state index contributed by atoms with van der Waals surface area (Å²) in [5, 5.41) is 20.8. The molecule has 0 atom stereocenters. The number of benzene rings is 2. The van der Waals surface area contributed by atoms with Gasteiger partial charge in [0.05, 0.1) is 11.5 Å². The molecule has 0 aliphatic carbocycles. The smallest absolute Gasteiger partial charge is 0.322 e. The average Bonchev–Trinajstić information content (AvgIpc) is 3.16. The first kappa shape index (κ1) is 18.8. The van der Waals surface area contributed by atoms with Gasteiger partial charge >= 0.3 is 6.01 Å². The lowest BCUT2D eigenvalue weighted by molar-refractivity contribution is -0.384. The molecule has 1 aromatic heterocycles. The van der Waals surface area contributed by atoms with E-state index in [1.54, 1.807) is 36.4 Å². The number of carbonyl (C=O) groups excluding carboxylic acids is 1. The number of aromatic nitrogens is 2. The monoisotopic (exact) mass is 380 g/mol. The molecule has 1 N–H and O–H groups in total. The molecular weight excluding hydrogens is 364 g/mol. The molecule has 0 spiro atoms. The van der Waals surface area contributed by atoms with Crippen molar-refractivity contribution >= 4 is 23.7 Å². The van der Waals surface area contributed by atoms with Crippen LogP contribution in [0.4, 0.5) is 11.7 Å². The Morgan fingerprint density at radius 3 is 2.54 bits per heavy atom. The number of anilines is 1. The molecular formula is C19H16N4O5. The van der Waals surface area contributed by atoms with Gasteiger partial charge in [-0.15, -0.1) is 5.10 Å². The van der Waals surface area contributed by atoms with Gasteiger partial charge in [-0.25, -0.2) is 0 Å². The third kappa shape index (κ3) is 4.79. The van der Waals surface area contributed by atoms with Crippen LogP contribution in [0.1, 0.15) is 12.5 Å². The number of nitrogens with zero attached hydrogens (tertiary/aromatic N) is 3. The van der Waals surface area contributed by atoms with Crippen molar-refractivity contribution in [2.24, 2.45) is 0 Å². The van der Waals surface area contributed by atoms with Gasteiger partial charge in [0.15, 0.2) is 0 Å². The van der Waals surface area contributed by atoms with E-state index in [0.29, 0.717) is 17.7 Å². The highest BCUT2D eigenvalue weighted by atomic mass is 16.6. The van der Waals surface area contributed by atoms with E-state index in [0.717, 1.165) is 5.75 Å². The number of rotatable bonds is 7. The van der Waals surface area contributed by atoms with Gasteiger partial charge in [0.2, 0.25) is 5.89 Å². The minimum Gasteiger partial charge on any atom is -0.494 e. The highest BCUT2D eigenvalue weighted by Crippen LogP contribution is 2.22. The van der Waals surface area contributed by atoms with Gasteiger partial charge < -0.3 is 9.15 Å². The SMILES string of the molecule is CCOc1ccc(-c2nnc(NC(=O)C=Cc3ccc([N+](=O)[O-])cc3)o2)cc1. The molecule has 1 heterocycles. The van der Waals surface area contributed by atoms with Gasteiger partial charge in [-0.05, 0) is 55.0 Å². The van der Waals surface area contributed by atoms with Crippen LogP contribution in [-0.4, -0.2) is 27.6 Å². The van der Waals surface area contributed by atoms with E-state index < -0.39 is 10.8 Å². The second kappa shape index (κ2) is 8.58. The molecule has 0 radical (unpaired) electrons. The van der Waals surface area contributed by atoms with E-state index in [1.165, 1.54) is 24.3 Å². The summed E-state index contributed by atoms with van der Waals surface area (Å²) < 4.78 is 10.8. The number of ether oxygens (including phenoxy) is 1. The zero-order chi connectivity index (χ0) is 19.9. The summed E-state index contributed by atoms with van der Waals surface area (Å²) >= 11 is 0. The van der Waals surface area contributed by atoms with E-state index in [-0.39, 0.29) is 17.6 Å². The van der Waals surface area contributed by atoms with Crippen LogP contribution in [0.25, 0.3) is 17.5 Å². The Morgan fingerprint density at radius 2 is 1.89 bits per heavy atom. The quantitative estimate of drug-likeness (QED) is 0.377. The highest BCUT2D eigenvalue weighted by molar-refractivity contribution is 6.00. The maximum Gasteiger partial charge on any atom is 0.322 e. The number of hydrogen-bond acceptors (Lipinski definition) is 7. The summed E-state index contributed by atoms with van der Waals surface area (Å²) in [6, 6.07) is 12.9. The fraction of sp³-hybridized carbons (Fsp3) is 0.105. The van der Waals surface area contributed by atoms with Crippen LogP contribution in [0.15, 0.2) is 59.0 Å². The first-order chi connectivity index (χ1) is 13.5. The Morgan fingerprint density at radius 1 is 1.18 bits per heavy atom. The van der Waals surface area contributed by atoms with Crippen molar-refractivity contribution in [1.29, 1.82) is 0 Å². The number of nitrogens with one attached hydrogen (secondary N) is 1. The van der Waals surface area contributed by atoms with Gasteiger partial charge in [-0.2, -0.15) is 0 Å². The van der Waals surface area contributed by atoms with Gasteiger partial charge in [0, 0.05) is 23.8 Å². The van der Waals surface area contributed by atoms with Crippen molar-refractivity contribution < 1.29 is 18.9 Å². The van der Waals surface area contributed by atoms with Crippen molar-refractivity contribution in [3.63, 3.8) is 0 Å². The van der Waals surface area contributed by atoms with Crippen LogP contribution >= 0.6 is 0 Å². The molecule has 3 rings (SSSR count). The molecule has 0 aliphatic heterocycles. The summed E-state index contributed by atoms with van der Waals surface area (Å²) in [7, 11) is 0. The van der Waals surface area contributed by atoms with Gasteiger partial charge in [0.25, 0.3) is 11.6 Å². The number of amides is 1. The topological polar surface area (TPSA) is 120 Å². The normalized spacial score (nSPS) is 10.8. The molecule has 0 fully saturated rings. The summed E-state index contributed by atoms with van der Waals surface area (Å²) in [5.41, 5.74) is 1.31. The predicted molar refractivity (Wildman–Crippen MR) is 102 cm³/mol. The number of non-ortho nitro benzene ring substituents is 1. The first-order valence-electron chi connectivity index (χ1n) is 8.35. The highest BCUT2D eigenvalue weighted by Gasteiger charge is 2.10. The molecule has 28 heavy (non-hydrogen) atoms. The number of carbonyl (C=O) groups is 1. The Kier molecular flexibility index (Phi) is 5.75. The fourth-order valence-electron chi connectivity index (χ4n) is 2.28. The molecule has 9 heteroatoms. The van der Waals surface area contributed by atoms with E-state index in [1.807, 2.05) is 6.92 Å². The average molecular weight is 380 g/mol. The number of hydrogen-bond donors (Lipinski definition) is 1. The molecule has 2 aromatic carbocycles. The lowest BCUT2D eigenvalue weighted by Gasteiger charge is -2.02. The van der Waals surface area contributed by atoms with Crippen LogP contribution in [0.3, 0.4) is 0 Å². The largest absolute Gasteiger partial charge is 0.494 e. The predicted octanol–water partition coefficient (Wildman–Crippen LogP) is 3.70. The standard InChI is InChI=1S/C19H16N4O5/c1-2-27-16-10-6-14(7-11-16)18-21-22-19(28-18)20-17(24)12-5-13-3-8-15(9-4-13)23(25)26/h3-12H,2H2,1H3,(H,20,22,24). The number of nitro groups is 1. The van der Waals surface area contributed by atoms with Crippen LogP contribution in [0.2, 0.25) is 0 Å². The Bertz CT molecular complexity index is 994. The van der Waals surface area contributed by atoms with Crippen LogP contribution in [0, 0.1) is 10.1 Å². The molecule has 0 saturated heterocycles. The van der Waals surface area contributed by atoms with E-state index in [2.05, 4.69) is 15.5 Å². The molecule has 142 valence electrons. The zero-order valence-corrected chi connectivity index (χ0v) is 14.9. The lowest BCUT2D eigenvalue weighted by atomic mass is 10.2. The zero-order valence-electron chi connectivity index (χ0n) is 14.9. The second-order valence-corrected chi connectivity index (χ2v) is 5.54. The maximum absolute atomic E-state index is 12.0. The van der Waals surface area contributed by atoms with Crippen molar-refractivity contribution in [1.82, 2.24) is 10.2 Å². The van der Waals surface area contributed by atoms with Gasteiger partial charge in [-0.3, -0.25) is 20.2 Å². The molecule has 0 bridgehead atoms. The summed E-state index contributed by atoms with van der Waals surface area (Å²) in [6.07, 6.45) is 2.78. The van der Waals surface area contributed by atoms with Crippen LogP contribution in [-0.2, 0) is 4.79 Å². The van der Waals surface area contributed by atoms with Gasteiger partial charge in [0.1, 0.15) is 5.75 Å². The van der Waals surface area contributed by atoms with Crippen molar-refractivity contribution in [3.8, 4) is 17.2 Å². The third-order valence-electron chi connectivity index (χ3n) is 3.60. The molecule has 0 saturated carbocycles. The van der Waals surface area contributed by atoms with Crippen molar-refractivity contribution in [3.05, 3.63) is 70.3 Å². The minimum atomic E-state index is -0.488. The van der Waals surface area contributed by atoms with Crippen LogP contribution < -0.4 is 10.1 Å². The Balaban J connectivity index is 1.61. The fourth-order valence-corrected chi connectivity index (χ4v) is 2.28. The Hall–Kier alpha value is -4.01. The maximum atomic E-state index is 12.0. The number of nitro benzene ring substituents is 1. The minimum absolute atomic E-state index is 0.0192. The lowest BCUT2D eigenvalue weighted by Crippen LogP contribution is -2.07. The van der Waals surface area contributed by atoms with Crippen molar-refractivity contribution in [2.75, 3.05) is 11.9 Å². The second-order valence-electron chi connectivity index (χ2n) is 5.54. The molecule has 3 aromatic rings. The third-order valence-corrected chi connectivity index (χ3v) is 3.60. The van der Waals surface area contributed by atoms with E-state index in [9.17, 15) is 14.9 Å². The van der Waals surface area contributed by atoms with E-state index in [4.69, 9.17) is 9.15 Å². The summed E-state index contributed by atoms with van der Waals surface area (Å²) in [5.74, 6) is 0.522. The molecule has 0 unspecified atom stereocenters. The summed E-state index contributed by atoms with van der Waals surface area (Å²) in [4.78, 5) is 22.1.